The number of amides is 2. The van der Waals surface area contributed by atoms with Crippen LogP contribution in [0.1, 0.15) is 6.92 Å². The normalized spacial score (nSPS) is 9.67. The minimum atomic E-state index is -0.462. The molecule has 0 radical (unpaired) electrons. The smallest absolute Gasteiger partial charge is 0.333 e. The second kappa shape index (κ2) is 7.94. The molecule has 114 valence electrons. The Morgan fingerprint density at radius 2 is 1.86 bits per heavy atom. The van der Waals surface area contributed by atoms with Crippen molar-refractivity contribution in [1.29, 1.82) is 0 Å². The molecule has 2 N–H and O–H groups in total. The highest BCUT2D eigenvalue weighted by Crippen LogP contribution is 2.15. The van der Waals surface area contributed by atoms with Gasteiger partial charge in [-0.1, -0.05) is 6.58 Å². The van der Waals surface area contributed by atoms with Crippen molar-refractivity contribution < 1.29 is 14.3 Å². The van der Waals surface area contributed by atoms with Crippen LogP contribution in [0.25, 0.3) is 0 Å². The number of nitrogens with zero attached hydrogens (tertiary/aromatic N) is 1. The predicted molar refractivity (Wildman–Crippen MR) is 83.6 cm³/mol. The highest BCUT2D eigenvalue weighted by Gasteiger charge is 2.04. The fraction of sp³-hybridized carbons (Fsp3) is 0.333. The van der Waals surface area contributed by atoms with E-state index in [1.807, 2.05) is 43.3 Å². The first-order valence-electron chi connectivity index (χ1n) is 6.55. The molecule has 0 heterocycles. The largest absolute Gasteiger partial charge is 0.460 e. The highest BCUT2D eigenvalue weighted by molar-refractivity contribution is 5.89. The van der Waals surface area contributed by atoms with Gasteiger partial charge >= 0.3 is 12.0 Å². The van der Waals surface area contributed by atoms with E-state index in [-0.39, 0.29) is 19.2 Å². The zero-order valence-electron chi connectivity index (χ0n) is 12.6. The SMILES string of the molecule is C=C(C)C(=O)OCCNC(=O)Nc1ccc(N(C)C)cc1. The molecule has 0 saturated heterocycles. The Morgan fingerprint density at radius 1 is 1.24 bits per heavy atom. The quantitative estimate of drug-likeness (QED) is 0.478. The molecule has 0 unspecified atom stereocenters. The molecule has 1 aromatic rings. The first-order chi connectivity index (χ1) is 9.90. The van der Waals surface area contributed by atoms with Gasteiger partial charge in [0.15, 0.2) is 0 Å². The molecule has 21 heavy (non-hydrogen) atoms. The standard InChI is InChI=1S/C15H21N3O3/c1-11(2)14(19)21-10-9-16-15(20)17-12-5-7-13(8-6-12)18(3)4/h5-8H,1,9-10H2,2-4H3,(H2,16,17,20). The van der Waals surface area contributed by atoms with E-state index in [1.54, 1.807) is 6.92 Å². The summed E-state index contributed by atoms with van der Waals surface area (Å²) in [5, 5.41) is 5.29. The minimum absolute atomic E-state index is 0.110. The van der Waals surface area contributed by atoms with E-state index in [9.17, 15) is 9.59 Å². The lowest BCUT2D eigenvalue weighted by molar-refractivity contribution is -0.138. The molecule has 6 heteroatoms. The van der Waals surface area contributed by atoms with Crippen molar-refractivity contribution >= 4 is 23.4 Å². The van der Waals surface area contributed by atoms with Crippen LogP contribution < -0.4 is 15.5 Å². The molecule has 2 amide bonds. The minimum Gasteiger partial charge on any atom is -0.460 e. The number of urea groups is 1. The summed E-state index contributed by atoms with van der Waals surface area (Å²) in [6, 6.07) is 7.10. The van der Waals surface area contributed by atoms with Gasteiger partial charge in [0, 0.05) is 31.0 Å². The van der Waals surface area contributed by atoms with Crippen molar-refractivity contribution in [3.05, 3.63) is 36.4 Å². The molecule has 0 saturated carbocycles. The van der Waals surface area contributed by atoms with Gasteiger partial charge in [-0.05, 0) is 31.2 Å². The van der Waals surface area contributed by atoms with Crippen LogP contribution in [0.15, 0.2) is 36.4 Å². The molecular formula is C15H21N3O3. The summed E-state index contributed by atoms with van der Waals surface area (Å²) in [7, 11) is 3.89. The topological polar surface area (TPSA) is 70.7 Å². The van der Waals surface area contributed by atoms with E-state index in [4.69, 9.17) is 4.74 Å². The van der Waals surface area contributed by atoms with Gasteiger partial charge in [-0.15, -0.1) is 0 Å². The number of esters is 1. The van der Waals surface area contributed by atoms with Crippen LogP contribution in [-0.2, 0) is 9.53 Å². The van der Waals surface area contributed by atoms with Gasteiger partial charge in [-0.25, -0.2) is 9.59 Å². The van der Waals surface area contributed by atoms with Crippen molar-refractivity contribution in [2.75, 3.05) is 37.5 Å². The van der Waals surface area contributed by atoms with E-state index < -0.39 is 5.97 Å². The highest BCUT2D eigenvalue weighted by atomic mass is 16.5. The third-order valence-electron chi connectivity index (χ3n) is 2.61. The maximum Gasteiger partial charge on any atom is 0.333 e. The Bertz CT molecular complexity index is 509. The van der Waals surface area contributed by atoms with Gasteiger partial charge in [0.05, 0.1) is 6.54 Å². The van der Waals surface area contributed by atoms with Crippen molar-refractivity contribution in [3.8, 4) is 0 Å². The van der Waals surface area contributed by atoms with E-state index >= 15 is 0 Å². The van der Waals surface area contributed by atoms with Gasteiger partial charge in [0.1, 0.15) is 6.61 Å². The summed E-state index contributed by atoms with van der Waals surface area (Å²) in [6.45, 7) is 5.38. The molecule has 0 fully saturated rings. The summed E-state index contributed by atoms with van der Waals surface area (Å²) in [5.41, 5.74) is 2.07. The van der Waals surface area contributed by atoms with Gasteiger partial charge in [-0.2, -0.15) is 0 Å². The molecule has 0 aliphatic carbocycles. The Morgan fingerprint density at radius 3 is 2.38 bits per heavy atom. The van der Waals surface area contributed by atoms with Crippen LogP contribution in [0.5, 0.6) is 0 Å². The third kappa shape index (κ3) is 5.99. The van der Waals surface area contributed by atoms with Crippen LogP contribution in [0.4, 0.5) is 16.2 Å². The Kier molecular flexibility index (Phi) is 6.26. The molecule has 1 aromatic carbocycles. The van der Waals surface area contributed by atoms with E-state index in [0.717, 1.165) is 5.69 Å². The fourth-order valence-corrected chi connectivity index (χ4v) is 1.45. The van der Waals surface area contributed by atoms with Crippen molar-refractivity contribution in [2.45, 2.75) is 6.92 Å². The van der Waals surface area contributed by atoms with Crippen molar-refractivity contribution in [2.24, 2.45) is 0 Å². The number of hydrogen-bond acceptors (Lipinski definition) is 4. The van der Waals surface area contributed by atoms with Crippen molar-refractivity contribution in [3.63, 3.8) is 0 Å². The van der Waals surface area contributed by atoms with Crippen LogP contribution in [0.2, 0.25) is 0 Å². The lowest BCUT2D eigenvalue weighted by Gasteiger charge is -2.13. The number of anilines is 2. The summed E-state index contributed by atoms with van der Waals surface area (Å²) < 4.78 is 4.86. The Hall–Kier alpha value is -2.50. The van der Waals surface area contributed by atoms with Crippen LogP contribution in [0, 0.1) is 0 Å². The van der Waals surface area contributed by atoms with Gasteiger partial charge in [0.25, 0.3) is 0 Å². The lowest BCUT2D eigenvalue weighted by Crippen LogP contribution is -2.32. The Balaban J connectivity index is 2.30. The summed E-state index contributed by atoms with van der Waals surface area (Å²) >= 11 is 0. The molecule has 0 aliphatic rings. The number of benzene rings is 1. The fourth-order valence-electron chi connectivity index (χ4n) is 1.45. The van der Waals surface area contributed by atoms with Crippen LogP contribution in [0.3, 0.4) is 0 Å². The maximum absolute atomic E-state index is 11.6. The summed E-state index contributed by atoms with van der Waals surface area (Å²) in [5.74, 6) is -0.462. The number of carbonyl (C=O) groups excluding carboxylic acids is 2. The van der Waals surface area contributed by atoms with Crippen LogP contribution >= 0.6 is 0 Å². The monoisotopic (exact) mass is 291 g/mol. The molecule has 0 aromatic heterocycles. The molecule has 0 bridgehead atoms. The third-order valence-corrected chi connectivity index (χ3v) is 2.61. The molecule has 0 aliphatic heterocycles. The molecular weight excluding hydrogens is 270 g/mol. The number of rotatable bonds is 6. The van der Waals surface area contributed by atoms with Crippen LogP contribution in [-0.4, -0.2) is 39.2 Å². The second-order valence-corrected chi connectivity index (χ2v) is 4.74. The van der Waals surface area contributed by atoms with E-state index in [0.29, 0.717) is 11.3 Å². The molecule has 6 nitrogen and oxygen atoms in total. The average molecular weight is 291 g/mol. The van der Waals surface area contributed by atoms with E-state index in [2.05, 4.69) is 17.2 Å². The zero-order chi connectivity index (χ0) is 15.8. The number of hydrogen-bond donors (Lipinski definition) is 2. The first kappa shape index (κ1) is 16.6. The zero-order valence-corrected chi connectivity index (χ0v) is 12.6. The molecule has 0 spiro atoms. The summed E-state index contributed by atoms with van der Waals surface area (Å²) in [6.07, 6.45) is 0. The maximum atomic E-state index is 11.6. The molecule has 0 atom stereocenters. The first-order valence-corrected chi connectivity index (χ1v) is 6.55. The van der Waals surface area contributed by atoms with Gasteiger partial charge in [-0.3, -0.25) is 0 Å². The second-order valence-electron chi connectivity index (χ2n) is 4.74. The number of ether oxygens (including phenoxy) is 1. The van der Waals surface area contributed by atoms with E-state index in [1.165, 1.54) is 0 Å². The average Bonchev–Trinajstić information content (AvgIpc) is 2.43. The number of carbonyl (C=O) groups is 2. The lowest BCUT2D eigenvalue weighted by atomic mass is 10.2. The van der Waals surface area contributed by atoms with Gasteiger partial charge in [0.2, 0.25) is 0 Å². The number of nitrogens with one attached hydrogen (secondary N) is 2. The van der Waals surface area contributed by atoms with Gasteiger partial charge < -0.3 is 20.3 Å². The predicted octanol–water partition coefficient (Wildman–Crippen LogP) is 1.99. The van der Waals surface area contributed by atoms with Crippen molar-refractivity contribution in [1.82, 2.24) is 5.32 Å². The summed E-state index contributed by atoms with van der Waals surface area (Å²) in [4.78, 5) is 24.7. The molecule has 1 rings (SSSR count). The Labute approximate surface area is 124 Å².